The van der Waals surface area contributed by atoms with E-state index >= 15 is 0 Å². The lowest BCUT2D eigenvalue weighted by Crippen LogP contribution is -2.29. The van der Waals surface area contributed by atoms with Crippen LogP contribution in [-0.4, -0.2) is 66.9 Å². The summed E-state index contributed by atoms with van der Waals surface area (Å²) < 4.78 is 21.2. The minimum absolute atomic E-state index is 0.0363. The van der Waals surface area contributed by atoms with Crippen molar-refractivity contribution in [3.8, 4) is 28.7 Å². The van der Waals surface area contributed by atoms with Crippen molar-refractivity contribution in [1.29, 1.82) is 0 Å². The molecule has 4 N–H and O–H groups in total. The van der Waals surface area contributed by atoms with Crippen molar-refractivity contribution in [3.63, 3.8) is 0 Å². The molecule has 2 atom stereocenters. The summed E-state index contributed by atoms with van der Waals surface area (Å²) in [6.07, 6.45) is -2.56. The Bertz CT molecular complexity index is 866. The Labute approximate surface area is 174 Å². The van der Waals surface area contributed by atoms with E-state index in [0.29, 0.717) is 17.1 Å². The fraction of sp³-hybridized carbons (Fsp3) is 0.381. The molecular weight excluding hydrogens is 396 g/mol. The van der Waals surface area contributed by atoms with E-state index in [1.54, 1.807) is 18.2 Å². The quantitative estimate of drug-likeness (QED) is 0.397. The summed E-state index contributed by atoms with van der Waals surface area (Å²) in [7, 11) is 4.26. The first kappa shape index (κ1) is 23.3. The van der Waals surface area contributed by atoms with Crippen molar-refractivity contribution in [1.82, 2.24) is 0 Å². The van der Waals surface area contributed by atoms with Crippen LogP contribution in [0.25, 0.3) is 0 Å². The van der Waals surface area contributed by atoms with Crippen LogP contribution in [0.15, 0.2) is 30.3 Å². The molecule has 0 spiro atoms. The van der Waals surface area contributed by atoms with E-state index in [0.717, 1.165) is 0 Å². The number of aromatic hydroxyl groups is 1. The van der Waals surface area contributed by atoms with Gasteiger partial charge in [-0.1, -0.05) is 6.07 Å². The second-order valence-electron chi connectivity index (χ2n) is 6.32. The number of hydrogen-bond acceptors (Lipinski definition) is 9. The molecular formula is C21H26O9. The van der Waals surface area contributed by atoms with Gasteiger partial charge in [0.15, 0.2) is 34.9 Å². The highest BCUT2D eigenvalue weighted by Gasteiger charge is 2.27. The lowest BCUT2D eigenvalue weighted by Gasteiger charge is -2.25. The predicted molar refractivity (Wildman–Crippen MR) is 107 cm³/mol. The first-order valence-corrected chi connectivity index (χ1v) is 9.12. The van der Waals surface area contributed by atoms with Gasteiger partial charge in [0.25, 0.3) is 0 Å². The molecule has 2 rings (SSSR count). The number of Topliss-reactive ketones (excluding diaryl/α,β-unsaturated/α-hetero) is 1. The van der Waals surface area contributed by atoms with E-state index in [2.05, 4.69) is 0 Å². The van der Waals surface area contributed by atoms with E-state index in [-0.39, 0.29) is 35.9 Å². The lowest BCUT2D eigenvalue weighted by atomic mass is 10.0. The number of carbonyl (C=O) groups is 1. The number of methoxy groups -OCH3 is 3. The van der Waals surface area contributed by atoms with Crippen molar-refractivity contribution in [3.05, 3.63) is 41.5 Å². The molecule has 0 aromatic heterocycles. The smallest absolute Gasteiger partial charge is 0.203 e. The normalized spacial score (nSPS) is 12.7. The highest BCUT2D eigenvalue weighted by molar-refractivity contribution is 5.97. The van der Waals surface area contributed by atoms with Crippen LogP contribution >= 0.6 is 0 Å². The van der Waals surface area contributed by atoms with Gasteiger partial charge in [0.05, 0.1) is 34.5 Å². The van der Waals surface area contributed by atoms with Crippen LogP contribution in [0.3, 0.4) is 0 Å². The van der Waals surface area contributed by atoms with Gasteiger partial charge in [0, 0.05) is 12.0 Å². The molecule has 0 fully saturated rings. The first-order valence-electron chi connectivity index (χ1n) is 9.12. The molecule has 2 aromatic carbocycles. The van der Waals surface area contributed by atoms with Gasteiger partial charge in [-0.3, -0.25) is 4.79 Å². The number of aliphatic hydroxyl groups is 3. The summed E-state index contributed by atoms with van der Waals surface area (Å²) >= 11 is 0. The highest BCUT2D eigenvalue weighted by Crippen LogP contribution is 2.40. The number of ketones is 1. The number of hydrogen-bond donors (Lipinski definition) is 4. The summed E-state index contributed by atoms with van der Waals surface area (Å²) in [5.41, 5.74) is 0.520. The average molecular weight is 422 g/mol. The monoisotopic (exact) mass is 422 g/mol. The van der Waals surface area contributed by atoms with Crippen LogP contribution in [0.5, 0.6) is 28.7 Å². The van der Waals surface area contributed by atoms with Crippen LogP contribution < -0.4 is 18.9 Å². The maximum absolute atomic E-state index is 12.0. The summed E-state index contributed by atoms with van der Waals surface area (Å²) in [5, 5.41) is 39.8. The summed E-state index contributed by atoms with van der Waals surface area (Å²) in [4.78, 5) is 12.0. The molecule has 0 unspecified atom stereocenters. The van der Waals surface area contributed by atoms with Crippen molar-refractivity contribution < 1.29 is 44.2 Å². The van der Waals surface area contributed by atoms with E-state index in [4.69, 9.17) is 24.1 Å². The minimum Gasteiger partial charge on any atom is -0.504 e. The van der Waals surface area contributed by atoms with Gasteiger partial charge >= 0.3 is 0 Å². The minimum atomic E-state index is -1.28. The molecule has 9 nitrogen and oxygen atoms in total. The van der Waals surface area contributed by atoms with Gasteiger partial charge in [-0.2, -0.15) is 0 Å². The third-order valence-electron chi connectivity index (χ3n) is 4.47. The fourth-order valence-electron chi connectivity index (χ4n) is 2.87. The number of rotatable bonds is 11. The van der Waals surface area contributed by atoms with E-state index in [1.807, 2.05) is 0 Å². The summed E-state index contributed by atoms with van der Waals surface area (Å²) in [6.45, 7) is -0.909. The van der Waals surface area contributed by atoms with Gasteiger partial charge < -0.3 is 39.4 Å². The molecule has 0 radical (unpaired) electrons. The van der Waals surface area contributed by atoms with Crippen LogP contribution in [-0.2, 0) is 0 Å². The molecule has 9 heteroatoms. The molecule has 0 heterocycles. The van der Waals surface area contributed by atoms with Crippen LogP contribution in [0.2, 0.25) is 0 Å². The number of phenolic OH excluding ortho intramolecular Hbond substituents is 1. The Morgan fingerprint density at radius 2 is 1.63 bits per heavy atom. The predicted octanol–water partition coefficient (Wildman–Crippen LogP) is 1.46. The molecule has 30 heavy (non-hydrogen) atoms. The highest BCUT2D eigenvalue weighted by atomic mass is 16.5. The molecule has 0 bridgehead atoms. The van der Waals surface area contributed by atoms with Crippen molar-refractivity contribution in [2.24, 2.45) is 0 Å². The molecule has 0 amide bonds. The van der Waals surface area contributed by atoms with Gasteiger partial charge in [0.2, 0.25) is 5.75 Å². The van der Waals surface area contributed by atoms with Gasteiger partial charge in [-0.05, 0) is 29.8 Å². The second-order valence-corrected chi connectivity index (χ2v) is 6.32. The van der Waals surface area contributed by atoms with Gasteiger partial charge in [0.1, 0.15) is 6.10 Å². The first-order chi connectivity index (χ1) is 14.4. The van der Waals surface area contributed by atoms with Crippen LogP contribution in [0.4, 0.5) is 0 Å². The zero-order valence-corrected chi connectivity index (χ0v) is 17.0. The Kier molecular flexibility index (Phi) is 8.28. The second kappa shape index (κ2) is 10.7. The zero-order chi connectivity index (χ0) is 22.3. The van der Waals surface area contributed by atoms with Crippen molar-refractivity contribution in [2.75, 3.05) is 34.5 Å². The Balaban J connectivity index is 2.33. The molecule has 0 aliphatic rings. The van der Waals surface area contributed by atoms with E-state index in [9.17, 15) is 20.1 Å². The van der Waals surface area contributed by atoms with Crippen molar-refractivity contribution in [2.45, 2.75) is 18.6 Å². The van der Waals surface area contributed by atoms with Gasteiger partial charge in [-0.25, -0.2) is 0 Å². The maximum Gasteiger partial charge on any atom is 0.203 e. The number of phenols is 1. The Morgan fingerprint density at radius 3 is 2.20 bits per heavy atom. The Hall–Kier alpha value is -3.01. The maximum atomic E-state index is 12.0. The largest absolute Gasteiger partial charge is 0.504 e. The third-order valence-corrected chi connectivity index (χ3v) is 4.47. The topological polar surface area (TPSA) is 135 Å². The standard InChI is InChI=1S/C21H26O9/c1-27-16-5-4-12(9-17(16)28-2)20(26)19(11-23)30-21-15(25)8-13(10-18(21)29-3)14(24)6-7-22/h4-5,8-10,19-20,22-23,25-26H,6-7,11H2,1-3H3/t19-,20-/m0/s1. The Morgan fingerprint density at radius 1 is 0.967 bits per heavy atom. The number of carbonyl (C=O) groups excluding carboxylic acids is 1. The van der Waals surface area contributed by atoms with Crippen LogP contribution in [0.1, 0.15) is 28.4 Å². The number of aliphatic hydroxyl groups excluding tert-OH is 3. The molecule has 2 aromatic rings. The van der Waals surface area contributed by atoms with E-state index < -0.39 is 24.6 Å². The summed E-state index contributed by atoms with van der Waals surface area (Å²) in [5.74, 6) is -0.0449. The third kappa shape index (κ3) is 5.12. The van der Waals surface area contributed by atoms with Crippen LogP contribution in [0, 0.1) is 0 Å². The number of benzene rings is 2. The molecule has 0 saturated heterocycles. The molecule has 164 valence electrons. The molecule has 0 saturated carbocycles. The number of ether oxygens (including phenoxy) is 4. The SMILES string of the molecule is COc1ccc([C@H](O)[C@H](CO)Oc2c(O)cc(C(=O)CCO)cc2OC)cc1OC. The van der Waals surface area contributed by atoms with Gasteiger partial charge in [-0.15, -0.1) is 0 Å². The zero-order valence-electron chi connectivity index (χ0n) is 17.0. The molecule has 0 aliphatic heterocycles. The van der Waals surface area contributed by atoms with E-state index in [1.165, 1.54) is 33.5 Å². The lowest BCUT2D eigenvalue weighted by molar-refractivity contribution is -0.00173. The summed E-state index contributed by atoms with van der Waals surface area (Å²) in [6, 6.07) is 7.26. The van der Waals surface area contributed by atoms with Crippen molar-refractivity contribution >= 4 is 5.78 Å². The average Bonchev–Trinajstić information content (AvgIpc) is 2.76. The molecule has 0 aliphatic carbocycles. The fourth-order valence-corrected chi connectivity index (χ4v) is 2.87.